The first kappa shape index (κ1) is 14.2. The molecule has 0 unspecified atom stereocenters. The van der Waals surface area contributed by atoms with Crippen LogP contribution in [0.2, 0.25) is 0 Å². The molecule has 0 heterocycles. The zero-order valence-electron chi connectivity index (χ0n) is 8.79. The molecule has 14 heavy (non-hydrogen) atoms. The van der Waals surface area contributed by atoms with Crippen molar-refractivity contribution in [2.45, 2.75) is 26.4 Å². The van der Waals surface area contributed by atoms with E-state index in [0.29, 0.717) is 6.54 Å². The smallest absolute Gasteiger partial charge is 0.305 e. The molecule has 0 bridgehead atoms. The highest BCUT2D eigenvalue weighted by atomic mass is 79.9. The molecule has 0 amide bonds. The van der Waals surface area contributed by atoms with Crippen LogP contribution in [0, 0.1) is 5.41 Å². The van der Waals surface area contributed by atoms with E-state index in [1.807, 2.05) is 13.8 Å². The van der Waals surface area contributed by atoms with Crippen LogP contribution in [0.4, 0.5) is 13.2 Å². The summed E-state index contributed by atoms with van der Waals surface area (Å²) in [7, 11) is 1.72. The van der Waals surface area contributed by atoms with Crippen molar-refractivity contribution in [1.82, 2.24) is 4.90 Å². The molecule has 0 rings (SSSR count). The molecule has 1 nitrogen and oxygen atoms in total. The summed E-state index contributed by atoms with van der Waals surface area (Å²) in [6.07, 6.45) is -4.78. The van der Waals surface area contributed by atoms with Crippen LogP contribution in [0.3, 0.4) is 0 Å². The Morgan fingerprint density at radius 1 is 1.21 bits per heavy atom. The van der Waals surface area contributed by atoms with Gasteiger partial charge in [-0.3, -0.25) is 0 Å². The van der Waals surface area contributed by atoms with Gasteiger partial charge in [0, 0.05) is 18.4 Å². The van der Waals surface area contributed by atoms with Crippen molar-refractivity contribution in [3.05, 3.63) is 0 Å². The van der Waals surface area contributed by atoms with Crippen molar-refractivity contribution < 1.29 is 13.2 Å². The summed E-state index contributed by atoms with van der Waals surface area (Å²) in [6.45, 7) is 4.77. The second-order valence-corrected chi connectivity index (χ2v) is 4.96. The summed E-state index contributed by atoms with van der Waals surface area (Å²) in [5, 5.41) is 0.788. The fraction of sp³-hybridized carbons (Fsp3) is 1.00. The average Bonchev–Trinajstić information content (AvgIpc) is 1.99. The molecule has 0 aliphatic rings. The van der Waals surface area contributed by atoms with Gasteiger partial charge in [-0.2, -0.15) is 13.2 Å². The predicted molar refractivity (Wildman–Crippen MR) is 55.7 cm³/mol. The average molecular weight is 276 g/mol. The van der Waals surface area contributed by atoms with Crippen LogP contribution in [0.25, 0.3) is 0 Å². The molecule has 0 aromatic heterocycles. The second kappa shape index (κ2) is 5.35. The van der Waals surface area contributed by atoms with Crippen molar-refractivity contribution >= 4 is 15.9 Å². The number of alkyl halides is 4. The molecule has 0 saturated heterocycles. The lowest BCUT2D eigenvalue weighted by Crippen LogP contribution is -2.34. The zero-order chi connectivity index (χ0) is 11.4. The van der Waals surface area contributed by atoms with E-state index < -0.39 is 12.6 Å². The van der Waals surface area contributed by atoms with E-state index in [4.69, 9.17) is 0 Å². The van der Waals surface area contributed by atoms with Gasteiger partial charge in [0.15, 0.2) is 0 Å². The molecule has 0 fully saturated rings. The van der Waals surface area contributed by atoms with E-state index in [0.717, 1.165) is 5.33 Å². The molecule has 86 valence electrons. The number of rotatable bonds is 5. The third kappa shape index (κ3) is 7.62. The van der Waals surface area contributed by atoms with Gasteiger partial charge in [-0.15, -0.1) is 0 Å². The maximum absolute atomic E-state index is 11.9. The van der Waals surface area contributed by atoms with Crippen LogP contribution in [0.15, 0.2) is 0 Å². The van der Waals surface area contributed by atoms with E-state index in [2.05, 4.69) is 15.9 Å². The van der Waals surface area contributed by atoms with Gasteiger partial charge in [0.2, 0.25) is 0 Å². The molecule has 0 N–H and O–H groups in total. The molecule has 0 radical (unpaired) electrons. The van der Waals surface area contributed by atoms with E-state index in [9.17, 15) is 13.2 Å². The Balaban J connectivity index is 3.82. The summed E-state index contributed by atoms with van der Waals surface area (Å²) >= 11 is 3.34. The maximum Gasteiger partial charge on any atom is 0.390 e. The fourth-order valence-electron chi connectivity index (χ4n) is 1.17. The lowest BCUT2D eigenvalue weighted by molar-refractivity contribution is -0.137. The maximum atomic E-state index is 11.9. The lowest BCUT2D eigenvalue weighted by Gasteiger charge is -2.28. The molecular weight excluding hydrogens is 259 g/mol. The fourth-order valence-corrected chi connectivity index (χ4v) is 1.35. The van der Waals surface area contributed by atoms with Crippen LogP contribution in [0.5, 0.6) is 0 Å². The van der Waals surface area contributed by atoms with Gasteiger partial charge in [0.25, 0.3) is 0 Å². The number of halogens is 4. The van der Waals surface area contributed by atoms with Gasteiger partial charge in [-0.05, 0) is 12.5 Å². The molecule has 0 aromatic rings. The minimum absolute atomic E-state index is 0.0142. The van der Waals surface area contributed by atoms with Crippen molar-refractivity contribution in [3.63, 3.8) is 0 Å². The van der Waals surface area contributed by atoms with Crippen molar-refractivity contribution in [2.75, 3.05) is 25.5 Å². The van der Waals surface area contributed by atoms with Gasteiger partial charge in [0.1, 0.15) is 0 Å². The second-order valence-electron chi connectivity index (χ2n) is 4.40. The Kier molecular flexibility index (Phi) is 5.44. The van der Waals surface area contributed by atoms with Gasteiger partial charge in [0.05, 0.1) is 6.42 Å². The molecule has 0 saturated carbocycles. The molecule has 0 aromatic carbocycles. The summed E-state index contributed by atoms with van der Waals surface area (Å²) in [4.78, 5) is 1.72. The zero-order valence-corrected chi connectivity index (χ0v) is 10.4. The van der Waals surface area contributed by atoms with Crippen LogP contribution in [0.1, 0.15) is 20.3 Å². The third-order valence-electron chi connectivity index (χ3n) is 1.84. The topological polar surface area (TPSA) is 3.24 Å². The van der Waals surface area contributed by atoms with Crippen LogP contribution < -0.4 is 0 Å². The van der Waals surface area contributed by atoms with Gasteiger partial charge in [-0.25, -0.2) is 0 Å². The molecular formula is C9H17BrF3N. The summed E-state index contributed by atoms with van der Waals surface area (Å²) in [5.41, 5.74) is 0.0142. The molecule has 0 aliphatic heterocycles. The first-order valence-electron chi connectivity index (χ1n) is 4.47. The summed E-state index contributed by atoms with van der Waals surface area (Å²) < 4.78 is 35.7. The first-order chi connectivity index (χ1) is 6.16. The predicted octanol–water partition coefficient (Wildman–Crippen LogP) is 3.29. The number of hydrogen-bond acceptors (Lipinski definition) is 1. The van der Waals surface area contributed by atoms with Gasteiger partial charge in [-0.1, -0.05) is 29.8 Å². The third-order valence-corrected chi connectivity index (χ3v) is 3.35. The van der Waals surface area contributed by atoms with Crippen molar-refractivity contribution in [3.8, 4) is 0 Å². The SMILES string of the molecule is CN(CCC(F)(F)F)CC(C)(C)CBr. The monoisotopic (exact) mass is 275 g/mol. The largest absolute Gasteiger partial charge is 0.390 e. The summed E-state index contributed by atoms with van der Waals surface area (Å²) in [6, 6.07) is 0. The van der Waals surface area contributed by atoms with E-state index in [1.165, 1.54) is 0 Å². The standard InChI is InChI=1S/C9H17BrF3N/c1-8(2,6-10)7-14(3)5-4-9(11,12)13/h4-7H2,1-3H3. The van der Waals surface area contributed by atoms with E-state index in [1.54, 1.807) is 11.9 Å². The van der Waals surface area contributed by atoms with Crippen molar-refractivity contribution in [1.29, 1.82) is 0 Å². The Hall–Kier alpha value is 0.230. The molecule has 0 atom stereocenters. The first-order valence-corrected chi connectivity index (χ1v) is 5.60. The van der Waals surface area contributed by atoms with Crippen LogP contribution in [-0.2, 0) is 0 Å². The Bertz CT molecular complexity index is 168. The van der Waals surface area contributed by atoms with E-state index in [-0.39, 0.29) is 12.0 Å². The molecule has 5 heteroatoms. The Morgan fingerprint density at radius 3 is 2.07 bits per heavy atom. The van der Waals surface area contributed by atoms with Gasteiger partial charge < -0.3 is 4.90 Å². The summed E-state index contributed by atoms with van der Waals surface area (Å²) in [5.74, 6) is 0. The van der Waals surface area contributed by atoms with Crippen LogP contribution >= 0.6 is 15.9 Å². The number of hydrogen-bond donors (Lipinski definition) is 0. The normalized spacial score (nSPS) is 13.7. The van der Waals surface area contributed by atoms with Gasteiger partial charge >= 0.3 is 6.18 Å². The lowest BCUT2D eigenvalue weighted by atomic mass is 9.96. The Morgan fingerprint density at radius 2 is 1.71 bits per heavy atom. The minimum atomic E-state index is -4.05. The highest BCUT2D eigenvalue weighted by Gasteiger charge is 2.28. The molecule has 0 aliphatic carbocycles. The van der Waals surface area contributed by atoms with Crippen molar-refractivity contribution in [2.24, 2.45) is 5.41 Å². The number of nitrogens with zero attached hydrogens (tertiary/aromatic N) is 1. The highest BCUT2D eigenvalue weighted by molar-refractivity contribution is 9.09. The Labute approximate surface area is 91.8 Å². The van der Waals surface area contributed by atoms with Crippen LogP contribution in [-0.4, -0.2) is 36.5 Å². The van der Waals surface area contributed by atoms with E-state index >= 15 is 0 Å². The minimum Gasteiger partial charge on any atom is -0.305 e. The highest BCUT2D eigenvalue weighted by Crippen LogP contribution is 2.22. The molecule has 0 spiro atoms. The quantitative estimate of drug-likeness (QED) is 0.696.